The number of hydrogen-bond acceptors (Lipinski definition) is 3. The summed E-state index contributed by atoms with van der Waals surface area (Å²) in [7, 11) is -3.40. The second-order valence-electron chi connectivity index (χ2n) is 6.85. The van der Waals surface area contributed by atoms with Crippen molar-refractivity contribution in [3.63, 3.8) is 0 Å². The van der Waals surface area contributed by atoms with Crippen LogP contribution >= 0.6 is 0 Å². The lowest BCUT2D eigenvalue weighted by Gasteiger charge is -2.13. The zero-order valence-electron chi connectivity index (χ0n) is 16.4. The Morgan fingerprint density at radius 2 is 1.56 bits per heavy atom. The number of fused-ring (bicyclic) bond motifs is 1. The van der Waals surface area contributed by atoms with Gasteiger partial charge in [-0.25, -0.2) is 13.1 Å². The molecule has 0 unspecified atom stereocenters. The van der Waals surface area contributed by atoms with Gasteiger partial charge in [-0.3, -0.25) is 0 Å². The highest BCUT2D eigenvalue weighted by Gasteiger charge is 2.24. The van der Waals surface area contributed by atoms with Gasteiger partial charge < -0.3 is 5.32 Å². The fraction of sp³-hybridized carbons (Fsp3) is 0.455. The summed E-state index contributed by atoms with van der Waals surface area (Å²) in [4.78, 5) is 0.325. The van der Waals surface area contributed by atoms with Crippen molar-refractivity contribution in [3.05, 3.63) is 65.7 Å². The molecule has 1 aliphatic rings. The topological polar surface area (TPSA) is 58.2 Å². The molecule has 0 saturated heterocycles. The van der Waals surface area contributed by atoms with Crippen LogP contribution in [-0.2, 0) is 16.4 Å². The minimum atomic E-state index is -3.40. The molecule has 2 N–H and O–H groups in total. The normalized spacial score (nSPS) is 15.7. The first-order valence-electron chi connectivity index (χ1n) is 9.91. The molecule has 0 aromatic heterocycles. The molecular formula is C22H32N2O2S. The van der Waals surface area contributed by atoms with Crippen LogP contribution in [-0.4, -0.2) is 28.1 Å². The third-order valence-electron chi connectivity index (χ3n) is 4.68. The van der Waals surface area contributed by atoms with Crippen LogP contribution in [0.5, 0.6) is 0 Å². The molecule has 0 aliphatic heterocycles. The van der Waals surface area contributed by atoms with Crippen LogP contribution < -0.4 is 10.0 Å². The number of sulfonamides is 1. The Labute approximate surface area is 164 Å². The summed E-state index contributed by atoms with van der Waals surface area (Å²) in [6.45, 7) is 7.18. The lowest BCUT2D eigenvalue weighted by Crippen LogP contribution is -2.27. The standard InChI is InChI=1S/C16H17NO2S.C6H15N/c18-20(19,15-7-2-1-3-8-15)17-12-14-11-10-13-6-4-5-9-16(13)14;1-3-5-7-6-4-2/h1-9,14,17H,10-12H2;7H,3-6H2,1-2H3/t14-;/m0./s1. The van der Waals surface area contributed by atoms with E-state index in [0.717, 1.165) is 12.8 Å². The molecule has 1 atom stereocenters. The van der Waals surface area contributed by atoms with Crippen molar-refractivity contribution in [2.45, 2.75) is 50.3 Å². The van der Waals surface area contributed by atoms with Gasteiger partial charge in [0, 0.05) is 6.54 Å². The maximum Gasteiger partial charge on any atom is 0.240 e. The van der Waals surface area contributed by atoms with Crippen molar-refractivity contribution in [1.29, 1.82) is 0 Å². The zero-order chi connectivity index (χ0) is 19.5. The summed E-state index contributed by atoms with van der Waals surface area (Å²) >= 11 is 0. The van der Waals surface area contributed by atoms with E-state index in [1.54, 1.807) is 24.3 Å². The minimum Gasteiger partial charge on any atom is -0.317 e. The van der Waals surface area contributed by atoms with Crippen molar-refractivity contribution >= 4 is 10.0 Å². The first-order valence-corrected chi connectivity index (χ1v) is 11.4. The molecule has 0 spiro atoms. The van der Waals surface area contributed by atoms with Gasteiger partial charge in [-0.05, 0) is 68.0 Å². The molecule has 5 heteroatoms. The summed E-state index contributed by atoms with van der Waals surface area (Å²) in [6, 6.07) is 16.8. The van der Waals surface area contributed by atoms with Crippen LogP contribution in [0.3, 0.4) is 0 Å². The minimum absolute atomic E-state index is 0.282. The van der Waals surface area contributed by atoms with Crippen molar-refractivity contribution in [2.24, 2.45) is 0 Å². The van der Waals surface area contributed by atoms with Gasteiger partial charge in [-0.2, -0.15) is 0 Å². The smallest absolute Gasteiger partial charge is 0.240 e. The van der Waals surface area contributed by atoms with E-state index >= 15 is 0 Å². The van der Waals surface area contributed by atoms with Gasteiger partial charge in [0.2, 0.25) is 10.0 Å². The molecule has 3 rings (SSSR count). The van der Waals surface area contributed by atoms with E-state index in [1.165, 1.54) is 37.1 Å². The van der Waals surface area contributed by atoms with Crippen molar-refractivity contribution in [1.82, 2.24) is 10.0 Å². The van der Waals surface area contributed by atoms with E-state index in [-0.39, 0.29) is 5.92 Å². The van der Waals surface area contributed by atoms with Crippen LogP contribution in [0.15, 0.2) is 59.5 Å². The summed E-state index contributed by atoms with van der Waals surface area (Å²) in [5.41, 5.74) is 2.62. The predicted molar refractivity (Wildman–Crippen MR) is 113 cm³/mol. The van der Waals surface area contributed by atoms with Crippen LogP contribution in [0.2, 0.25) is 0 Å². The van der Waals surface area contributed by atoms with E-state index in [1.807, 2.05) is 18.2 Å². The predicted octanol–water partition coefficient (Wildman–Crippen LogP) is 4.09. The molecule has 0 radical (unpaired) electrons. The molecule has 2 aromatic carbocycles. The maximum atomic E-state index is 12.2. The van der Waals surface area contributed by atoms with Gasteiger partial charge in [0.05, 0.1) is 4.90 Å². The molecule has 0 amide bonds. The summed E-state index contributed by atoms with van der Waals surface area (Å²) in [5, 5.41) is 3.28. The molecule has 1 aliphatic carbocycles. The Morgan fingerprint density at radius 1 is 0.926 bits per heavy atom. The SMILES string of the molecule is CCCNCCC.O=S(=O)(NC[C@@H]1CCc2ccccc21)c1ccccc1. The largest absolute Gasteiger partial charge is 0.317 e. The molecule has 4 nitrogen and oxygen atoms in total. The van der Waals surface area contributed by atoms with Crippen LogP contribution in [0.4, 0.5) is 0 Å². The Hall–Kier alpha value is -1.69. The first kappa shape index (κ1) is 21.6. The fourth-order valence-corrected chi connectivity index (χ4v) is 4.33. The maximum absolute atomic E-state index is 12.2. The zero-order valence-corrected chi connectivity index (χ0v) is 17.3. The molecule has 0 saturated carbocycles. The monoisotopic (exact) mass is 388 g/mol. The van der Waals surface area contributed by atoms with Gasteiger partial charge in [0.15, 0.2) is 0 Å². The molecule has 2 aromatic rings. The highest BCUT2D eigenvalue weighted by atomic mass is 32.2. The molecule has 27 heavy (non-hydrogen) atoms. The molecular weight excluding hydrogens is 356 g/mol. The average Bonchev–Trinajstić information content (AvgIpc) is 3.11. The van der Waals surface area contributed by atoms with Crippen LogP contribution in [0.1, 0.15) is 50.2 Å². The Bertz CT molecular complexity index is 772. The van der Waals surface area contributed by atoms with E-state index in [0.29, 0.717) is 11.4 Å². The summed E-state index contributed by atoms with van der Waals surface area (Å²) in [5.74, 6) is 0.282. The van der Waals surface area contributed by atoms with Crippen molar-refractivity contribution in [3.8, 4) is 0 Å². The van der Waals surface area contributed by atoms with Gasteiger partial charge in [-0.1, -0.05) is 56.3 Å². The van der Waals surface area contributed by atoms with E-state index in [9.17, 15) is 8.42 Å². The van der Waals surface area contributed by atoms with Gasteiger partial charge in [-0.15, -0.1) is 0 Å². The molecule has 0 heterocycles. The van der Waals surface area contributed by atoms with E-state index in [4.69, 9.17) is 0 Å². The third-order valence-corrected chi connectivity index (χ3v) is 6.12. The summed E-state index contributed by atoms with van der Waals surface area (Å²) < 4.78 is 27.1. The van der Waals surface area contributed by atoms with Crippen LogP contribution in [0, 0.1) is 0 Å². The number of hydrogen-bond donors (Lipinski definition) is 2. The molecule has 0 bridgehead atoms. The van der Waals surface area contributed by atoms with Crippen molar-refractivity contribution < 1.29 is 8.42 Å². The molecule has 0 fully saturated rings. The second kappa shape index (κ2) is 11.2. The van der Waals surface area contributed by atoms with Gasteiger partial charge in [0.1, 0.15) is 0 Å². The Kier molecular flexibility index (Phi) is 8.98. The lowest BCUT2D eigenvalue weighted by atomic mass is 10.0. The summed E-state index contributed by atoms with van der Waals surface area (Å²) in [6.07, 6.45) is 4.55. The average molecular weight is 389 g/mol. The Balaban J connectivity index is 0.000000321. The third kappa shape index (κ3) is 6.76. The highest BCUT2D eigenvalue weighted by molar-refractivity contribution is 7.89. The van der Waals surface area contributed by atoms with E-state index < -0.39 is 10.0 Å². The highest BCUT2D eigenvalue weighted by Crippen LogP contribution is 2.32. The number of rotatable bonds is 8. The second-order valence-corrected chi connectivity index (χ2v) is 8.62. The lowest BCUT2D eigenvalue weighted by molar-refractivity contribution is 0.568. The fourth-order valence-electron chi connectivity index (χ4n) is 3.23. The number of nitrogens with one attached hydrogen (secondary N) is 2. The van der Waals surface area contributed by atoms with Crippen LogP contribution in [0.25, 0.3) is 0 Å². The quantitative estimate of drug-likeness (QED) is 0.670. The first-order chi connectivity index (χ1) is 13.1. The van der Waals surface area contributed by atoms with E-state index in [2.05, 4.69) is 36.0 Å². The van der Waals surface area contributed by atoms with Crippen molar-refractivity contribution in [2.75, 3.05) is 19.6 Å². The van der Waals surface area contributed by atoms with Gasteiger partial charge in [0.25, 0.3) is 0 Å². The number of benzene rings is 2. The Morgan fingerprint density at radius 3 is 2.22 bits per heavy atom. The number of aryl methyl sites for hydroxylation is 1. The molecule has 148 valence electrons. The van der Waals surface area contributed by atoms with Gasteiger partial charge >= 0.3 is 0 Å².